The van der Waals surface area contributed by atoms with E-state index in [1.54, 1.807) is 26.1 Å². The lowest BCUT2D eigenvalue weighted by molar-refractivity contribution is 0.582. The summed E-state index contributed by atoms with van der Waals surface area (Å²) in [4.78, 5) is 0. The predicted molar refractivity (Wildman–Crippen MR) is 74.3 cm³/mol. The predicted octanol–water partition coefficient (Wildman–Crippen LogP) is 1.42. The van der Waals surface area contributed by atoms with Crippen molar-refractivity contribution in [3.63, 3.8) is 0 Å². The van der Waals surface area contributed by atoms with E-state index >= 15 is 0 Å². The van der Waals surface area contributed by atoms with Crippen LogP contribution in [0.25, 0.3) is 0 Å². The van der Waals surface area contributed by atoms with E-state index in [0.717, 1.165) is 11.1 Å². The molecule has 0 saturated carbocycles. The lowest BCUT2D eigenvalue weighted by Gasteiger charge is -2.12. The first kappa shape index (κ1) is 13.4. The molecular weight excluding hydrogens is 264 g/mol. The molecule has 0 amide bonds. The maximum Gasteiger partial charge on any atom is 0.279 e. The maximum absolute atomic E-state index is 12.2. The molecule has 2 aromatic rings. The number of sulfonamides is 1. The van der Waals surface area contributed by atoms with Crippen LogP contribution in [0.5, 0.6) is 0 Å². The molecule has 0 unspecified atom stereocenters. The third-order valence-electron chi connectivity index (χ3n) is 2.91. The SMILES string of the molecule is Cc1cc(NS(=O)(=O)c2ccnn2C)c(C)cc1N. The zero-order valence-corrected chi connectivity index (χ0v) is 11.8. The van der Waals surface area contributed by atoms with Crippen LogP contribution in [0, 0.1) is 13.8 Å². The minimum absolute atomic E-state index is 0.112. The molecule has 0 bridgehead atoms. The van der Waals surface area contributed by atoms with Gasteiger partial charge in [-0.1, -0.05) is 0 Å². The minimum atomic E-state index is -3.64. The number of hydrogen-bond acceptors (Lipinski definition) is 4. The summed E-state index contributed by atoms with van der Waals surface area (Å²) < 4.78 is 28.3. The highest BCUT2D eigenvalue weighted by Gasteiger charge is 2.19. The van der Waals surface area contributed by atoms with Crippen LogP contribution in [-0.4, -0.2) is 18.2 Å². The number of benzene rings is 1. The number of nitrogens with two attached hydrogens (primary N) is 1. The van der Waals surface area contributed by atoms with Crippen molar-refractivity contribution in [3.8, 4) is 0 Å². The van der Waals surface area contributed by atoms with Gasteiger partial charge in [0.2, 0.25) is 0 Å². The molecule has 1 heterocycles. The molecule has 0 aliphatic rings. The number of nitrogens with one attached hydrogen (secondary N) is 1. The van der Waals surface area contributed by atoms with Crippen molar-refractivity contribution >= 4 is 21.4 Å². The molecule has 0 spiro atoms. The first-order chi connectivity index (χ1) is 8.81. The fraction of sp³-hybridized carbons (Fsp3) is 0.250. The lowest BCUT2D eigenvalue weighted by atomic mass is 10.1. The Bertz CT molecular complexity index is 719. The van der Waals surface area contributed by atoms with Crippen molar-refractivity contribution in [2.75, 3.05) is 10.5 Å². The summed E-state index contributed by atoms with van der Waals surface area (Å²) in [5.74, 6) is 0. The fourth-order valence-electron chi connectivity index (χ4n) is 1.77. The van der Waals surface area contributed by atoms with Crippen LogP contribution in [0.1, 0.15) is 11.1 Å². The molecule has 3 N–H and O–H groups in total. The van der Waals surface area contributed by atoms with Gasteiger partial charge in [0.15, 0.2) is 5.03 Å². The van der Waals surface area contributed by atoms with Crippen molar-refractivity contribution in [3.05, 3.63) is 35.5 Å². The van der Waals surface area contributed by atoms with Gasteiger partial charge in [0, 0.05) is 12.7 Å². The number of nitrogen functional groups attached to an aromatic ring is 1. The molecule has 0 aliphatic heterocycles. The Labute approximate surface area is 112 Å². The standard InChI is InChI=1S/C12H16N4O2S/c1-8-7-11(9(2)6-10(8)13)15-19(17,18)12-4-5-14-16(12)3/h4-7,15H,13H2,1-3H3. The molecule has 7 heteroatoms. The Hall–Kier alpha value is -2.02. The molecule has 19 heavy (non-hydrogen) atoms. The van der Waals surface area contributed by atoms with Gasteiger partial charge in [-0.3, -0.25) is 9.40 Å². The molecule has 102 valence electrons. The smallest absolute Gasteiger partial charge is 0.279 e. The average Bonchev–Trinajstić information content (AvgIpc) is 2.73. The molecule has 0 saturated heterocycles. The zero-order chi connectivity index (χ0) is 14.2. The normalized spacial score (nSPS) is 11.5. The van der Waals surface area contributed by atoms with E-state index in [4.69, 9.17) is 5.73 Å². The molecule has 0 fully saturated rings. The van der Waals surface area contributed by atoms with E-state index in [1.807, 2.05) is 6.92 Å². The third kappa shape index (κ3) is 2.55. The number of anilines is 2. The molecule has 0 aliphatic carbocycles. The van der Waals surface area contributed by atoms with E-state index in [9.17, 15) is 8.42 Å². The summed E-state index contributed by atoms with van der Waals surface area (Å²) in [5.41, 5.74) is 8.54. The Morgan fingerprint density at radius 3 is 2.53 bits per heavy atom. The van der Waals surface area contributed by atoms with Gasteiger partial charge in [-0.15, -0.1) is 0 Å². The number of nitrogens with zero attached hydrogens (tertiary/aromatic N) is 2. The van der Waals surface area contributed by atoms with Crippen LogP contribution >= 0.6 is 0 Å². The number of aromatic nitrogens is 2. The highest BCUT2D eigenvalue weighted by Crippen LogP contribution is 2.24. The lowest BCUT2D eigenvalue weighted by Crippen LogP contribution is -2.17. The second kappa shape index (κ2) is 4.58. The van der Waals surface area contributed by atoms with Gasteiger partial charge in [-0.05, 0) is 43.2 Å². The molecule has 1 aromatic heterocycles. The van der Waals surface area contributed by atoms with Crippen molar-refractivity contribution < 1.29 is 8.42 Å². The number of rotatable bonds is 3. The van der Waals surface area contributed by atoms with Crippen LogP contribution in [0.3, 0.4) is 0 Å². The highest BCUT2D eigenvalue weighted by atomic mass is 32.2. The van der Waals surface area contributed by atoms with E-state index in [2.05, 4.69) is 9.82 Å². The van der Waals surface area contributed by atoms with Crippen LogP contribution in [0.2, 0.25) is 0 Å². The topological polar surface area (TPSA) is 90.0 Å². The summed E-state index contributed by atoms with van der Waals surface area (Å²) in [6, 6.07) is 4.91. The molecular formula is C12H16N4O2S. The largest absolute Gasteiger partial charge is 0.399 e. The van der Waals surface area contributed by atoms with Crippen LogP contribution in [-0.2, 0) is 17.1 Å². The number of hydrogen-bond donors (Lipinski definition) is 2. The van der Waals surface area contributed by atoms with Crippen LogP contribution < -0.4 is 10.5 Å². The molecule has 0 radical (unpaired) electrons. The quantitative estimate of drug-likeness (QED) is 0.832. The first-order valence-electron chi connectivity index (χ1n) is 5.69. The van der Waals surface area contributed by atoms with Crippen LogP contribution in [0.4, 0.5) is 11.4 Å². The molecule has 6 nitrogen and oxygen atoms in total. The van der Waals surface area contributed by atoms with E-state index < -0.39 is 10.0 Å². The summed E-state index contributed by atoms with van der Waals surface area (Å²) in [6.45, 7) is 3.63. The van der Waals surface area contributed by atoms with E-state index in [1.165, 1.54) is 16.9 Å². The summed E-state index contributed by atoms with van der Waals surface area (Å²) in [7, 11) is -2.06. The fourth-order valence-corrected chi connectivity index (χ4v) is 3.02. The molecule has 2 rings (SSSR count). The van der Waals surface area contributed by atoms with E-state index in [0.29, 0.717) is 11.4 Å². The highest BCUT2D eigenvalue weighted by molar-refractivity contribution is 7.92. The first-order valence-corrected chi connectivity index (χ1v) is 7.17. The van der Waals surface area contributed by atoms with Gasteiger partial charge in [0.25, 0.3) is 10.0 Å². The zero-order valence-electron chi connectivity index (χ0n) is 11.0. The van der Waals surface area contributed by atoms with Crippen molar-refractivity contribution in [1.29, 1.82) is 0 Å². The van der Waals surface area contributed by atoms with Gasteiger partial charge in [-0.25, -0.2) is 0 Å². The Balaban J connectivity index is 2.42. The second-order valence-corrected chi connectivity index (χ2v) is 6.05. The van der Waals surface area contributed by atoms with Gasteiger partial charge in [-0.2, -0.15) is 13.5 Å². The Morgan fingerprint density at radius 2 is 1.95 bits per heavy atom. The summed E-state index contributed by atoms with van der Waals surface area (Å²) in [5, 5.41) is 3.97. The van der Waals surface area contributed by atoms with Gasteiger partial charge >= 0.3 is 0 Å². The van der Waals surface area contributed by atoms with E-state index in [-0.39, 0.29) is 5.03 Å². The van der Waals surface area contributed by atoms with Crippen molar-refractivity contribution in [2.45, 2.75) is 18.9 Å². The second-order valence-electron chi connectivity index (χ2n) is 4.42. The van der Waals surface area contributed by atoms with Crippen molar-refractivity contribution in [2.24, 2.45) is 7.05 Å². The molecule has 1 aromatic carbocycles. The molecule has 0 atom stereocenters. The van der Waals surface area contributed by atoms with Crippen LogP contribution in [0.15, 0.2) is 29.4 Å². The van der Waals surface area contributed by atoms with Gasteiger partial charge in [0.1, 0.15) is 0 Å². The Kier molecular flexibility index (Phi) is 3.23. The Morgan fingerprint density at radius 1 is 1.26 bits per heavy atom. The minimum Gasteiger partial charge on any atom is -0.399 e. The maximum atomic E-state index is 12.2. The average molecular weight is 280 g/mol. The van der Waals surface area contributed by atoms with Crippen molar-refractivity contribution in [1.82, 2.24) is 9.78 Å². The third-order valence-corrected chi connectivity index (χ3v) is 4.35. The summed E-state index contributed by atoms with van der Waals surface area (Å²) >= 11 is 0. The monoisotopic (exact) mass is 280 g/mol. The number of aryl methyl sites for hydroxylation is 3. The van der Waals surface area contributed by atoms with Gasteiger partial charge in [0.05, 0.1) is 11.9 Å². The van der Waals surface area contributed by atoms with Gasteiger partial charge < -0.3 is 5.73 Å². The summed E-state index contributed by atoms with van der Waals surface area (Å²) in [6.07, 6.45) is 1.44.